The number of benzene rings is 1. The smallest absolute Gasteiger partial charge is 0.246 e. The highest BCUT2D eigenvalue weighted by Gasteiger charge is 2.31. The Balaban J connectivity index is 1.88. The monoisotopic (exact) mass is 389 g/mol. The Kier molecular flexibility index (Phi) is 7.48. The molecule has 2 N–H and O–H groups in total. The van der Waals surface area contributed by atoms with Crippen LogP contribution < -0.4 is 5.73 Å². The second-order valence-electron chi connectivity index (χ2n) is 6.31. The number of sulfonamides is 1. The van der Waals surface area contributed by atoms with Gasteiger partial charge in [-0.25, -0.2) is 17.2 Å². The molecule has 26 heavy (non-hydrogen) atoms. The van der Waals surface area contributed by atoms with Gasteiger partial charge in [-0.3, -0.25) is 4.79 Å². The van der Waals surface area contributed by atoms with Gasteiger partial charge in [-0.05, 0) is 31.5 Å². The average molecular weight is 389 g/mol. The molecule has 1 aromatic carbocycles. The zero-order chi connectivity index (χ0) is 19.2. The molecule has 0 saturated carbocycles. The van der Waals surface area contributed by atoms with E-state index in [9.17, 15) is 22.0 Å². The minimum absolute atomic E-state index is 0.00255. The van der Waals surface area contributed by atoms with Crippen molar-refractivity contribution < 1.29 is 22.0 Å². The highest BCUT2D eigenvalue weighted by atomic mass is 32.2. The van der Waals surface area contributed by atoms with Crippen LogP contribution in [0.15, 0.2) is 23.1 Å². The molecule has 1 fully saturated rings. The molecule has 146 valence electrons. The quantitative estimate of drug-likeness (QED) is 0.686. The summed E-state index contributed by atoms with van der Waals surface area (Å²) in [5.74, 6) is -1.94. The van der Waals surface area contributed by atoms with Gasteiger partial charge in [0.25, 0.3) is 0 Å². The first-order chi connectivity index (χ1) is 12.4. The van der Waals surface area contributed by atoms with Crippen molar-refractivity contribution in [1.29, 1.82) is 0 Å². The van der Waals surface area contributed by atoms with Crippen LogP contribution in [0.1, 0.15) is 32.1 Å². The largest absolute Gasteiger partial charge is 0.340 e. The van der Waals surface area contributed by atoms with Crippen LogP contribution in [0, 0.1) is 11.6 Å². The molecule has 1 heterocycles. The molecule has 0 spiro atoms. The van der Waals surface area contributed by atoms with Crippen LogP contribution in [0.25, 0.3) is 0 Å². The number of unbranched alkanes of at least 4 members (excludes halogenated alkanes) is 3. The molecule has 0 bridgehead atoms. The van der Waals surface area contributed by atoms with Crippen LogP contribution in [0.5, 0.6) is 0 Å². The fraction of sp³-hybridized carbons (Fsp3) is 0.588. The third kappa shape index (κ3) is 5.21. The molecular formula is C17H25F2N3O3S. The van der Waals surface area contributed by atoms with Crippen LogP contribution in [0.3, 0.4) is 0 Å². The molecule has 1 aliphatic heterocycles. The number of carbonyl (C=O) groups is 1. The maximum absolute atomic E-state index is 13.8. The number of hydrogen-bond acceptors (Lipinski definition) is 4. The average Bonchev–Trinajstić information content (AvgIpc) is 2.61. The van der Waals surface area contributed by atoms with Gasteiger partial charge in [0, 0.05) is 38.7 Å². The van der Waals surface area contributed by atoms with Crippen molar-refractivity contribution in [2.24, 2.45) is 5.73 Å². The molecule has 1 saturated heterocycles. The van der Waals surface area contributed by atoms with Gasteiger partial charge >= 0.3 is 0 Å². The van der Waals surface area contributed by atoms with E-state index < -0.39 is 26.6 Å². The first kappa shape index (κ1) is 20.7. The van der Waals surface area contributed by atoms with E-state index in [2.05, 4.69) is 0 Å². The van der Waals surface area contributed by atoms with E-state index in [0.717, 1.165) is 42.1 Å². The summed E-state index contributed by atoms with van der Waals surface area (Å²) in [6, 6.07) is 2.40. The first-order valence-electron chi connectivity index (χ1n) is 8.79. The van der Waals surface area contributed by atoms with Crippen molar-refractivity contribution in [3.63, 3.8) is 0 Å². The fourth-order valence-electron chi connectivity index (χ4n) is 2.93. The number of nitrogens with two attached hydrogens (primary N) is 1. The van der Waals surface area contributed by atoms with Gasteiger partial charge in [-0.2, -0.15) is 4.31 Å². The first-order valence-corrected chi connectivity index (χ1v) is 10.2. The van der Waals surface area contributed by atoms with E-state index in [1.54, 1.807) is 4.90 Å². The summed E-state index contributed by atoms with van der Waals surface area (Å²) in [6.45, 7) is 1.38. The summed E-state index contributed by atoms with van der Waals surface area (Å²) in [5, 5.41) is 0. The lowest BCUT2D eigenvalue weighted by Crippen LogP contribution is -2.50. The van der Waals surface area contributed by atoms with E-state index in [0.29, 0.717) is 19.0 Å². The van der Waals surface area contributed by atoms with Crippen molar-refractivity contribution in [3.8, 4) is 0 Å². The predicted molar refractivity (Wildman–Crippen MR) is 93.8 cm³/mol. The molecular weight excluding hydrogens is 364 g/mol. The molecule has 9 heteroatoms. The maximum atomic E-state index is 13.8. The number of rotatable bonds is 8. The third-order valence-electron chi connectivity index (χ3n) is 4.45. The summed E-state index contributed by atoms with van der Waals surface area (Å²) in [4.78, 5) is 13.3. The fourth-order valence-corrected chi connectivity index (χ4v) is 4.40. The molecule has 6 nitrogen and oxygen atoms in total. The summed E-state index contributed by atoms with van der Waals surface area (Å²) in [5.41, 5.74) is 5.42. The second-order valence-corrected chi connectivity index (χ2v) is 8.22. The van der Waals surface area contributed by atoms with Gasteiger partial charge in [0.05, 0.1) is 0 Å². The standard InChI is InChI=1S/C17H25F2N3O3S/c18-14-6-7-16(15(19)13-14)26(24,25)22-11-9-21(10-12-22)17(23)5-3-1-2-4-8-20/h6-7,13H,1-5,8-12,20H2. The van der Waals surface area contributed by atoms with Crippen LogP contribution >= 0.6 is 0 Å². The van der Waals surface area contributed by atoms with Crippen LogP contribution in [0.4, 0.5) is 8.78 Å². The summed E-state index contributed by atoms with van der Waals surface area (Å²) in [6.07, 6.45) is 4.12. The van der Waals surface area contributed by atoms with Crippen LogP contribution in [-0.4, -0.2) is 56.3 Å². The molecule has 0 aromatic heterocycles. The van der Waals surface area contributed by atoms with E-state index in [4.69, 9.17) is 5.73 Å². The van der Waals surface area contributed by atoms with Gasteiger partial charge in [-0.1, -0.05) is 12.8 Å². The van der Waals surface area contributed by atoms with E-state index in [-0.39, 0.29) is 32.1 Å². The van der Waals surface area contributed by atoms with Gasteiger partial charge in [0.15, 0.2) is 0 Å². The van der Waals surface area contributed by atoms with E-state index in [1.165, 1.54) is 0 Å². The topological polar surface area (TPSA) is 83.7 Å². The number of amides is 1. The second kappa shape index (κ2) is 9.38. The van der Waals surface area contributed by atoms with Crippen molar-refractivity contribution in [1.82, 2.24) is 9.21 Å². The molecule has 2 rings (SSSR count). The Morgan fingerprint density at radius 2 is 1.69 bits per heavy atom. The van der Waals surface area contributed by atoms with E-state index >= 15 is 0 Å². The summed E-state index contributed by atoms with van der Waals surface area (Å²) in [7, 11) is -4.04. The van der Waals surface area contributed by atoms with Crippen molar-refractivity contribution in [3.05, 3.63) is 29.8 Å². The van der Waals surface area contributed by atoms with Crippen molar-refractivity contribution in [2.75, 3.05) is 32.7 Å². The zero-order valence-corrected chi connectivity index (χ0v) is 15.5. The number of carbonyl (C=O) groups excluding carboxylic acids is 1. The van der Waals surface area contributed by atoms with Crippen LogP contribution in [0.2, 0.25) is 0 Å². The van der Waals surface area contributed by atoms with Crippen molar-refractivity contribution in [2.45, 2.75) is 37.0 Å². The van der Waals surface area contributed by atoms with Gasteiger partial charge in [-0.15, -0.1) is 0 Å². The summed E-state index contributed by atoms with van der Waals surface area (Å²) >= 11 is 0. The highest BCUT2D eigenvalue weighted by Crippen LogP contribution is 2.21. The Morgan fingerprint density at radius 1 is 1.04 bits per heavy atom. The Labute approximate surface area is 153 Å². The minimum atomic E-state index is -4.04. The molecule has 0 radical (unpaired) electrons. The predicted octanol–water partition coefficient (Wildman–Crippen LogP) is 1.71. The SMILES string of the molecule is NCCCCCCC(=O)N1CCN(S(=O)(=O)c2ccc(F)cc2F)CC1. The minimum Gasteiger partial charge on any atom is -0.340 e. The molecule has 1 amide bonds. The zero-order valence-electron chi connectivity index (χ0n) is 14.7. The molecule has 1 aliphatic rings. The normalized spacial score (nSPS) is 16.0. The van der Waals surface area contributed by atoms with E-state index in [1.807, 2.05) is 0 Å². The Hall–Kier alpha value is -1.58. The Bertz CT molecular complexity index is 720. The van der Waals surface area contributed by atoms with Gasteiger partial charge in [0.1, 0.15) is 16.5 Å². The lowest BCUT2D eigenvalue weighted by molar-refractivity contribution is -0.132. The van der Waals surface area contributed by atoms with Crippen molar-refractivity contribution >= 4 is 15.9 Å². The number of hydrogen-bond donors (Lipinski definition) is 1. The third-order valence-corrected chi connectivity index (χ3v) is 6.38. The molecule has 0 aliphatic carbocycles. The maximum Gasteiger partial charge on any atom is 0.246 e. The summed E-state index contributed by atoms with van der Waals surface area (Å²) < 4.78 is 53.0. The molecule has 1 aromatic rings. The molecule has 0 unspecified atom stereocenters. The lowest BCUT2D eigenvalue weighted by atomic mass is 10.1. The number of piperazine rings is 1. The number of halogens is 2. The van der Waals surface area contributed by atoms with Crippen LogP contribution in [-0.2, 0) is 14.8 Å². The lowest BCUT2D eigenvalue weighted by Gasteiger charge is -2.34. The van der Waals surface area contributed by atoms with Gasteiger partial charge < -0.3 is 10.6 Å². The Morgan fingerprint density at radius 3 is 2.31 bits per heavy atom. The highest BCUT2D eigenvalue weighted by molar-refractivity contribution is 7.89. The van der Waals surface area contributed by atoms with Gasteiger partial charge in [0.2, 0.25) is 15.9 Å². The number of nitrogens with zero attached hydrogens (tertiary/aromatic N) is 2. The molecule has 0 atom stereocenters.